The molecule has 0 saturated heterocycles. The number of nitrogens with zero attached hydrogens (tertiary/aromatic N) is 4. The third-order valence-electron chi connectivity index (χ3n) is 6.41. The van der Waals surface area contributed by atoms with Crippen molar-refractivity contribution in [2.75, 3.05) is 6.61 Å². The van der Waals surface area contributed by atoms with Gasteiger partial charge in [0, 0.05) is 17.8 Å². The second kappa shape index (κ2) is 11.8. The minimum Gasteiger partial charge on any atom is -0.488 e. The number of hydrogen-bond acceptors (Lipinski definition) is 6. The number of rotatable bonds is 7. The maximum atomic E-state index is 13.5. The molecule has 39 heavy (non-hydrogen) atoms. The Morgan fingerprint density at radius 2 is 1.85 bits per heavy atom. The molecule has 1 aliphatic rings. The molecule has 0 unspecified atom stereocenters. The van der Waals surface area contributed by atoms with E-state index in [1.807, 2.05) is 20.8 Å². The van der Waals surface area contributed by atoms with Crippen LogP contribution in [0.25, 0.3) is 16.9 Å². The Labute approximate surface area is 229 Å². The van der Waals surface area contributed by atoms with Crippen molar-refractivity contribution < 1.29 is 27.4 Å². The summed E-state index contributed by atoms with van der Waals surface area (Å²) in [5.41, 5.74) is -0.647. The van der Waals surface area contributed by atoms with E-state index >= 15 is 0 Å². The third kappa shape index (κ3) is 7.62. The molecule has 2 aromatic heterocycles. The molecule has 1 N–H and O–H groups in total. The van der Waals surface area contributed by atoms with Crippen molar-refractivity contribution in [3.63, 3.8) is 0 Å². The predicted molar refractivity (Wildman–Crippen MR) is 140 cm³/mol. The van der Waals surface area contributed by atoms with Gasteiger partial charge in [0.1, 0.15) is 17.6 Å². The second-order valence-electron chi connectivity index (χ2n) is 10.5. The summed E-state index contributed by atoms with van der Waals surface area (Å²) in [4.78, 5) is 20.3. The number of carbonyl (C=O) groups excluding carboxylic acids is 1. The van der Waals surface area contributed by atoms with Crippen LogP contribution >= 0.6 is 11.6 Å². The van der Waals surface area contributed by atoms with Crippen molar-refractivity contribution in [1.82, 2.24) is 25.1 Å². The van der Waals surface area contributed by atoms with Gasteiger partial charge in [-0.1, -0.05) is 23.7 Å². The Morgan fingerprint density at radius 1 is 1.13 bits per heavy atom. The maximum absolute atomic E-state index is 13.5. The normalized spacial score (nSPS) is 18.0. The molecule has 4 rings (SSSR count). The smallest absolute Gasteiger partial charge is 0.418 e. The molecule has 0 spiro atoms. The molecule has 0 bridgehead atoms. The van der Waals surface area contributed by atoms with Gasteiger partial charge in [-0.25, -0.2) is 19.4 Å². The molecule has 0 aliphatic heterocycles. The molecular weight excluding hydrogens is 535 g/mol. The van der Waals surface area contributed by atoms with Crippen molar-refractivity contribution in [3.05, 3.63) is 53.7 Å². The number of amides is 1. The number of hydrogen-bond donors (Lipinski definition) is 1. The monoisotopic (exact) mass is 565 g/mol. The second-order valence-corrected chi connectivity index (χ2v) is 10.9. The number of benzene rings is 1. The first-order valence-corrected chi connectivity index (χ1v) is 13.1. The van der Waals surface area contributed by atoms with Gasteiger partial charge in [0.25, 0.3) is 0 Å². The third-order valence-corrected chi connectivity index (χ3v) is 6.68. The van der Waals surface area contributed by atoms with Crippen LogP contribution < -0.4 is 10.1 Å². The lowest BCUT2D eigenvalue weighted by Crippen LogP contribution is -2.41. The highest BCUT2D eigenvalue weighted by Crippen LogP contribution is 2.36. The summed E-state index contributed by atoms with van der Waals surface area (Å²) < 4.78 is 53.0. The average molecular weight is 566 g/mol. The van der Waals surface area contributed by atoms with Gasteiger partial charge in [0.05, 0.1) is 24.1 Å². The molecule has 1 amide bonds. The minimum absolute atomic E-state index is 0.0830. The van der Waals surface area contributed by atoms with Crippen LogP contribution in [0.3, 0.4) is 0 Å². The molecule has 0 atom stereocenters. The summed E-state index contributed by atoms with van der Waals surface area (Å²) in [5, 5.41) is 7.17. The van der Waals surface area contributed by atoms with E-state index in [2.05, 4.69) is 20.4 Å². The molecule has 12 heteroatoms. The Bertz CT molecular complexity index is 1280. The van der Waals surface area contributed by atoms with E-state index < -0.39 is 23.4 Å². The molecule has 1 aliphatic carbocycles. The van der Waals surface area contributed by atoms with Gasteiger partial charge in [-0.05, 0) is 70.9 Å². The SMILES string of the molecule is CC(C)(C)OC(=O)NC1CCC(CCOc2c(Cl)ncnc2-c2cnn(-c3ccccc3C(F)(F)F)c2)CC1. The molecule has 1 fully saturated rings. The van der Waals surface area contributed by atoms with E-state index in [9.17, 15) is 18.0 Å². The van der Waals surface area contributed by atoms with Gasteiger partial charge in [-0.15, -0.1) is 0 Å². The highest BCUT2D eigenvalue weighted by Gasteiger charge is 2.34. The van der Waals surface area contributed by atoms with Gasteiger partial charge >= 0.3 is 12.3 Å². The molecule has 2 heterocycles. The largest absolute Gasteiger partial charge is 0.488 e. The minimum atomic E-state index is -4.53. The van der Waals surface area contributed by atoms with Crippen LogP contribution in [0.2, 0.25) is 5.15 Å². The van der Waals surface area contributed by atoms with Crippen molar-refractivity contribution in [2.45, 2.75) is 70.7 Å². The average Bonchev–Trinajstić information content (AvgIpc) is 3.34. The van der Waals surface area contributed by atoms with Crippen LogP contribution in [0.4, 0.5) is 18.0 Å². The molecule has 1 aromatic carbocycles. The van der Waals surface area contributed by atoms with E-state index in [0.717, 1.165) is 42.9 Å². The number of nitrogens with one attached hydrogen (secondary N) is 1. The number of aromatic nitrogens is 4. The van der Waals surface area contributed by atoms with Crippen LogP contribution in [0, 0.1) is 5.92 Å². The number of ether oxygens (including phenoxy) is 2. The fourth-order valence-corrected chi connectivity index (χ4v) is 4.76. The molecule has 8 nitrogen and oxygen atoms in total. The van der Waals surface area contributed by atoms with Crippen LogP contribution in [0.1, 0.15) is 58.4 Å². The highest BCUT2D eigenvalue weighted by molar-refractivity contribution is 6.31. The van der Waals surface area contributed by atoms with Crippen LogP contribution in [-0.2, 0) is 10.9 Å². The zero-order chi connectivity index (χ0) is 28.2. The number of halogens is 4. The van der Waals surface area contributed by atoms with Gasteiger partial charge in [0.15, 0.2) is 10.9 Å². The Kier molecular flexibility index (Phi) is 8.68. The van der Waals surface area contributed by atoms with E-state index in [4.69, 9.17) is 21.1 Å². The fraction of sp³-hybridized carbons (Fsp3) is 0.481. The Balaban J connectivity index is 1.37. The van der Waals surface area contributed by atoms with Gasteiger partial charge in [-0.3, -0.25) is 0 Å². The summed E-state index contributed by atoms with van der Waals surface area (Å²) in [6.45, 7) is 5.85. The van der Waals surface area contributed by atoms with Crippen LogP contribution in [0.5, 0.6) is 5.75 Å². The zero-order valence-electron chi connectivity index (χ0n) is 22.0. The molecule has 210 valence electrons. The maximum Gasteiger partial charge on any atom is 0.418 e. The first-order valence-electron chi connectivity index (χ1n) is 12.7. The Hall–Kier alpha value is -3.34. The lowest BCUT2D eigenvalue weighted by Gasteiger charge is -2.30. The van der Waals surface area contributed by atoms with Gasteiger partial charge in [-0.2, -0.15) is 18.3 Å². The lowest BCUT2D eigenvalue weighted by atomic mass is 9.84. The first-order chi connectivity index (χ1) is 18.4. The van der Waals surface area contributed by atoms with Crippen molar-refractivity contribution >= 4 is 17.7 Å². The summed E-state index contributed by atoms with van der Waals surface area (Å²) in [7, 11) is 0. The molecule has 3 aromatic rings. The van der Waals surface area contributed by atoms with Crippen molar-refractivity contribution in [2.24, 2.45) is 5.92 Å². The van der Waals surface area contributed by atoms with Crippen molar-refractivity contribution in [1.29, 1.82) is 0 Å². The van der Waals surface area contributed by atoms with E-state index in [1.54, 1.807) is 0 Å². The highest BCUT2D eigenvalue weighted by atomic mass is 35.5. The van der Waals surface area contributed by atoms with Crippen LogP contribution in [-0.4, -0.2) is 44.1 Å². The van der Waals surface area contributed by atoms with E-state index in [-0.39, 0.29) is 22.6 Å². The van der Waals surface area contributed by atoms with Gasteiger partial charge < -0.3 is 14.8 Å². The van der Waals surface area contributed by atoms with E-state index in [0.29, 0.717) is 23.8 Å². The number of para-hydroxylation sites is 1. The topological polar surface area (TPSA) is 91.2 Å². The van der Waals surface area contributed by atoms with Crippen molar-refractivity contribution in [3.8, 4) is 22.7 Å². The number of carbonyl (C=O) groups is 1. The molecular formula is C27H31ClF3N5O3. The standard InChI is InChI=1S/C27H31ClF3N5O3/c1-26(2,3)39-25(37)35-19-10-8-17(9-11-19)12-13-38-23-22(32-16-33-24(23)28)18-14-34-36(15-18)21-7-5-4-6-20(21)27(29,30)31/h4-7,14-17,19H,8-13H2,1-3H3,(H,35,37). The van der Waals surface area contributed by atoms with Gasteiger partial charge in [0.2, 0.25) is 0 Å². The summed E-state index contributed by atoms with van der Waals surface area (Å²) >= 11 is 6.32. The molecule has 0 radical (unpaired) electrons. The quantitative estimate of drug-likeness (QED) is 0.315. The Morgan fingerprint density at radius 3 is 2.54 bits per heavy atom. The number of alkyl carbamates (subject to hydrolysis) is 1. The number of alkyl halides is 3. The zero-order valence-corrected chi connectivity index (χ0v) is 22.7. The summed E-state index contributed by atoms with van der Waals surface area (Å²) in [6, 6.07) is 5.29. The summed E-state index contributed by atoms with van der Waals surface area (Å²) in [6.07, 6.45) is 3.54. The van der Waals surface area contributed by atoms with Crippen LogP contribution in [0.15, 0.2) is 43.0 Å². The van der Waals surface area contributed by atoms with E-state index in [1.165, 1.54) is 36.9 Å². The lowest BCUT2D eigenvalue weighted by molar-refractivity contribution is -0.137. The first kappa shape index (κ1) is 28.7. The predicted octanol–water partition coefficient (Wildman–Crippen LogP) is 6.85. The molecule has 1 saturated carbocycles. The fourth-order valence-electron chi connectivity index (χ4n) is 4.57. The summed E-state index contributed by atoms with van der Waals surface area (Å²) in [5.74, 6) is 0.665.